The lowest BCUT2D eigenvalue weighted by Crippen LogP contribution is -2.10. The van der Waals surface area contributed by atoms with Gasteiger partial charge in [-0.2, -0.15) is 8.42 Å². The van der Waals surface area contributed by atoms with Crippen LogP contribution in [0.5, 0.6) is 5.75 Å². The van der Waals surface area contributed by atoms with E-state index in [0.29, 0.717) is 12.0 Å². The summed E-state index contributed by atoms with van der Waals surface area (Å²) < 4.78 is 52.8. The highest BCUT2D eigenvalue weighted by Gasteiger charge is 2.22. The zero-order chi connectivity index (χ0) is 24.5. The standard InChI is InChI=1S/C25H24N2O5S2/c1-4-24(33(2,28)29)20-12-19-9-6-10-27-25(19)23(14-20)18-8-5-7-17(11-18)21-13-22(16-26-15-21)32-34(3,30)31/h5-16,24H,4H2,1-3H3. The van der Waals surface area contributed by atoms with Gasteiger partial charge in [0.15, 0.2) is 15.6 Å². The van der Waals surface area contributed by atoms with Gasteiger partial charge in [0.05, 0.1) is 23.2 Å². The van der Waals surface area contributed by atoms with E-state index in [-0.39, 0.29) is 5.75 Å². The molecular formula is C25H24N2O5S2. The summed E-state index contributed by atoms with van der Waals surface area (Å²) >= 11 is 0. The van der Waals surface area contributed by atoms with Gasteiger partial charge in [-0.1, -0.05) is 31.2 Å². The van der Waals surface area contributed by atoms with Crippen LogP contribution in [0.2, 0.25) is 0 Å². The monoisotopic (exact) mass is 496 g/mol. The number of benzene rings is 2. The number of sulfone groups is 1. The highest BCUT2D eigenvalue weighted by molar-refractivity contribution is 7.90. The van der Waals surface area contributed by atoms with Crippen LogP contribution in [0, 0.1) is 0 Å². The molecule has 4 aromatic rings. The number of hydrogen-bond acceptors (Lipinski definition) is 7. The maximum Gasteiger partial charge on any atom is 0.306 e. The van der Waals surface area contributed by atoms with Crippen molar-refractivity contribution in [2.24, 2.45) is 0 Å². The average molecular weight is 497 g/mol. The van der Waals surface area contributed by atoms with Crippen molar-refractivity contribution in [2.45, 2.75) is 18.6 Å². The first-order chi connectivity index (χ1) is 16.0. The van der Waals surface area contributed by atoms with E-state index in [2.05, 4.69) is 9.97 Å². The van der Waals surface area contributed by atoms with Crippen molar-refractivity contribution in [3.63, 3.8) is 0 Å². The van der Waals surface area contributed by atoms with E-state index in [4.69, 9.17) is 4.18 Å². The van der Waals surface area contributed by atoms with E-state index in [9.17, 15) is 16.8 Å². The summed E-state index contributed by atoms with van der Waals surface area (Å²) in [5.74, 6) is 0.124. The second-order valence-electron chi connectivity index (χ2n) is 8.15. The van der Waals surface area contributed by atoms with Crippen molar-refractivity contribution >= 4 is 30.9 Å². The number of rotatable bonds is 7. The predicted molar refractivity (Wildman–Crippen MR) is 134 cm³/mol. The second kappa shape index (κ2) is 9.15. The van der Waals surface area contributed by atoms with Crippen LogP contribution in [0.1, 0.15) is 24.2 Å². The minimum absolute atomic E-state index is 0.124. The third kappa shape index (κ3) is 5.26. The Morgan fingerprint density at radius 3 is 2.35 bits per heavy atom. The Morgan fingerprint density at radius 2 is 1.65 bits per heavy atom. The summed E-state index contributed by atoms with van der Waals surface area (Å²) in [4.78, 5) is 8.66. The molecule has 0 saturated heterocycles. The maximum atomic E-state index is 12.4. The molecule has 0 saturated carbocycles. The summed E-state index contributed by atoms with van der Waals surface area (Å²) in [6.07, 6.45) is 7.37. The Morgan fingerprint density at radius 1 is 0.882 bits per heavy atom. The fraction of sp³-hybridized carbons (Fsp3) is 0.200. The molecule has 7 nitrogen and oxygen atoms in total. The number of fused-ring (bicyclic) bond motifs is 1. The van der Waals surface area contributed by atoms with Crippen molar-refractivity contribution in [1.82, 2.24) is 9.97 Å². The molecule has 34 heavy (non-hydrogen) atoms. The van der Waals surface area contributed by atoms with E-state index >= 15 is 0 Å². The Kier molecular flexibility index (Phi) is 6.42. The first-order valence-corrected chi connectivity index (χ1v) is 14.3. The molecule has 2 aromatic carbocycles. The molecule has 0 fully saturated rings. The molecule has 0 aliphatic rings. The van der Waals surface area contributed by atoms with E-state index < -0.39 is 25.2 Å². The summed E-state index contributed by atoms with van der Waals surface area (Å²) in [5, 5.41) is 0.237. The topological polar surface area (TPSA) is 103 Å². The van der Waals surface area contributed by atoms with Crippen LogP contribution >= 0.6 is 0 Å². The number of nitrogens with zero attached hydrogens (tertiary/aromatic N) is 2. The molecule has 0 spiro atoms. The summed E-state index contributed by atoms with van der Waals surface area (Å²) in [5.41, 5.74) is 4.62. The normalized spacial score (nSPS) is 13.0. The Balaban J connectivity index is 1.87. The zero-order valence-corrected chi connectivity index (χ0v) is 20.6. The SMILES string of the molecule is CCC(c1cc(-c2cccc(-c3cncc(OS(C)(=O)=O)c3)c2)c2ncccc2c1)S(C)(=O)=O. The van der Waals surface area contributed by atoms with Gasteiger partial charge in [0.2, 0.25) is 0 Å². The minimum Gasteiger partial charge on any atom is -0.381 e. The molecule has 0 N–H and O–H groups in total. The number of aromatic nitrogens is 2. The van der Waals surface area contributed by atoms with Crippen LogP contribution in [0.3, 0.4) is 0 Å². The number of hydrogen-bond donors (Lipinski definition) is 0. The van der Waals surface area contributed by atoms with Gasteiger partial charge in [0, 0.05) is 35.2 Å². The van der Waals surface area contributed by atoms with Gasteiger partial charge in [-0.25, -0.2) is 8.42 Å². The van der Waals surface area contributed by atoms with Crippen molar-refractivity contribution in [3.05, 3.63) is 78.8 Å². The van der Waals surface area contributed by atoms with E-state index in [1.165, 1.54) is 12.5 Å². The van der Waals surface area contributed by atoms with Crippen molar-refractivity contribution in [1.29, 1.82) is 0 Å². The molecule has 2 heterocycles. The Labute approximate surface area is 199 Å². The Bertz CT molecular complexity index is 1580. The second-order valence-corrected chi connectivity index (χ2v) is 12.0. The van der Waals surface area contributed by atoms with Gasteiger partial charge < -0.3 is 4.18 Å². The van der Waals surface area contributed by atoms with Crippen LogP contribution in [0.25, 0.3) is 33.2 Å². The fourth-order valence-corrected chi connectivity index (χ4v) is 5.75. The van der Waals surface area contributed by atoms with E-state index in [1.54, 1.807) is 18.5 Å². The average Bonchev–Trinajstić information content (AvgIpc) is 2.77. The highest BCUT2D eigenvalue weighted by Crippen LogP contribution is 2.36. The van der Waals surface area contributed by atoms with Gasteiger partial charge in [-0.15, -0.1) is 0 Å². The first kappa shape index (κ1) is 23.8. The lowest BCUT2D eigenvalue weighted by molar-refractivity contribution is 0.492. The smallest absolute Gasteiger partial charge is 0.306 e. The van der Waals surface area contributed by atoms with Gasteiger partial charge >= 0.3 is 10.1 Å². The molecule has 0 amide bonds. The molecule has 1 unspecified atom stereocenters. The molecule has 0 bridgehead atoms. The highest BCUT2D eigenvalue weighted by atomic mass is 32.2. The van der Waals surface area contributed by atoms with Crippen molar-refractivity contribution < 1.29 is 21.0 Å². The van der Waals surface area contributed by atoms with E-state index in [1.807, 2.05) is 55.5 Å². The van der Waals surface area contributed by atoms with E-state index in [0.717, 1.165) is 39.4 Å². The van der Waals surface area contributed by atoms with Gasteiger partial charge in [0.1, 0.15) is 0 Å². The Hall–Kier alpha value is -3.30. The lowest BCUT2D eigenvalue weighted by atomic mass is 9.95. The van der Waals surface area contributed by atoms with Crippen LogP contribution in [0.4, 0.5) is 0 Å². The zero-order valence-electron chi connectivity index (χ0n) is 19.0. The lowest BCUT2D eigenvalue weighted by Gasteiger charge is -2.17. The van der Waals surface area contributed by atoms with Gasteiger partial charge in [-0.3, -0.25) is 9.97 Å². The number of pyridine rings is 2. The molecule has 1 atom stereocenters. The summed E-state index contributed by atoms with van der Waals surface area (Å²) in [6, 6.07) is 16.8. The third-order valence-corrected chi connectivity index (χ3v) is 7.59. The van der Waals surface area contributed by atoms with Crippen LogP contribution in [0.15, 0.2) is 73.2 Å². The van der Waals surface area contributed by atoms with Crippen LogP contribution in [-0.2, 0) is 20.0 Å². The molecule has 9 heteroatoms. The van der Waals surface area contributed by atoms with Crippen LogP contribution in [-0.4, -0.2) is 39.3 Å². The van der Waals surface area contributed by atoms with Gasteiger partial charge in [-0.05, 0) is 53.4 Å². The molecule has 0 aliphatic carbocycles. The molecule has 176 valence electrons. The predicted octanol–water partition coefficient (Wildman–Crippen LogP) is 4.80. The van der Waals surface area contributed by atoms with Crippen LogP contribution < -0.4 is 4.18 Å². The molecule has 2 aromatic heterocycles. The maximum absolute atomic E-state index is 12.4. The molecule has 4 rings (SSSR count). The summed E-state index contributed by atoms with van der Waals surface area (Å²) in [6.45, 7) is 1.86. The summed E-state index contributed by atoms with van der Waals surface area (Å²) in [7, 11) is -6.97. The molecule has 0 radical (unpaired) electrons. The van der Waals surface area contributed by atoms with Crippen molar-refractivity contribution in [2.75, 3.05) is 12.5 Å². The largest absolute Gasteiger partial charge is 0.381 e. The quantitative estimate of drug-likeness (QED) is 0.339. The third-order valence-electron chi connectivity index (χ3n) is 5.45. The van der Waals surface area contributed by atoms with Crippen molar-refractivity contribution in [3.8, 4) is 28.0 Å². The molecular weight excluding hydrogens is 472 g/mol. The fourth-order valence-electron chi connectivity index (χ4n) is 4.07. The minimum atomic E-state index is -3.68. The molecule has 0 aliphatic heterocycles. The van der Waals surface area contributed by atoms with Gasteiger partial charge in [0.25, 0.3) is 0 Å². The first-order valence-electron chi connectivity index (χ1n) is 10.6.